The molecule has 170 valence electrons. The Bertz CT molecular complexity index is 1080. The van der Waals surface area contributed by atoms with E-state index in [9.17, 15) is 14.4 Å². The van der Waals surface area contributed by atoms with Gasteiger partial charge in [0.25, 0.3) is 0 Å². The molecule has 2 fully saturated rings. The number of nitrogens with one attached hydrogen (secondary N) is 1. The minimum Gasteiger partial charge on any atom is -0.380 e. The van der Waals surface area contributed by atoms with E-state index < -0.39 is 12.2 Å². The molecular weight excluding hydrogens is 419 g/mol. The van der Waals surface area contributed by atoms with E-state index in [1.165, 1.54) is 4.90 Å². The van der Waals surface area contributed by atoms with E-state index in [-0.39, 0.29) is 31.5 Å². The van der Waals surface area contributed by atoms with Crippen molar-refractivity contribution in [3.05, 3.63) is 54.2 Å². The second kappa shape index (κ2) is 9.20. The van der Waals surface area contributed by atoms with Crippen LogP contribution in [0, 0.1) is 11.3 Å². The third kappa shape index (κ3) is 4.41. The van der Waals surface area contributed by atoms with E-state index >= 15 is 0 Å². The van der Waals surface area contributed by atoms with Gasteiger partial charge in [0.1, 0.15) is 18.0 Å². The third-order valence-electron chi connectivity index (χ3n) is 6.58. The predicted octanol–water partition coefficient (Wildman–Crippen LogP) is 3.20. The van der Waals surface area contributed by atoms with Crippen molar-refractivity contribution in [1.29, 1.82) is 5.26 Å². The van der Waals surface area contributed by atoms with Crippen LogP contribution in [-0.2, 0) is 4.79 Å². The van der Waals surface area contributed by atoms with Crippen LogP contribution < -0.4 is 10.2 Å². The maximum absolute atomic E-state index is 13.7. The number of alkyl halides is 1. The number of pyridine rings is 1. The lowest BCUT2D eigenvalue weighted by molar-refractivity contribution is -0.132. The van der Waals surface area contributed by atoms with E-state index in [1.807, 2.05) is 18.2 Å². The average Bonchev–Trinajstić information content (AvgIpc) is 3.45. The van der Waals surface area contributed by atoms with Crippen molar-refractivity contribution in [3.8, 4) is 6.07 Å². The summed E-state index contributed by atoms with van der Waals surface area (Å²) in [6.07, 6.45) is 6.03. The van der Waals surface area contributed by atoms with E-state index in [4.69, 9.17) is 0 Å². The van der Waals surface area contributed by atoms with Gasteiger partial charge in [0.2, 0.25) is 5.91 Å². The minimum absolute atomic E-state index is 0.0296. The van der Waals surface area contributed by atoms with Crippen LogP contribution in [0.15, 0.2) is 48.7 Å². The molecule has 0 aliphatic carbocycles. The molecule has 1 aromatic carbocycles. The van der Waals surface area contributed by atoms with Gasteiger partial charge < -0.3 is 15.1 Å². The van der Waals surface area contributed by atoms with Crippen LogP contribution in [-0.4, -0.2) is 71.7 Å². The van der Waals surface area contributed by atoms with E-state index in [0.29, 0.717) is 0 Å². The van der Waals surface area contributed by atoms with Crippen molar-refractivity contribution in [2.75, 3.05) is 42.9 Å². The van der Waals surface area contributed by atoms with Crippen LogP contribution in [0.4, 0.5) is 21.6 Å². The van der Waals surface area contributed by atoms with Crippen molar-refractivity contribution in [2.24, 2.45) is 0 Å². The van der Waals surface area contributed by atoms with Gasteiger partial charge in [0.15, 0.2) is 0 Å². The Morgan fingerprint density at radius 3 is 2.97 bits per heavy atom. The Hall–Kier alpha value is -3.44. The number of aromatic nitrogens is 1. The summed E-state index contributed by atoms with van der Waals surface area (Å²) in [5.74, 6) is 0.757. The first kappa shape index (κ1) is 21.4. The Morgan fingerprint density at radius 2 is 2.15 bits per heavy atom. The zero-order valence-corrected chi connectivity index (χ0v) is 18.4. The van der Waals surface area contributed by atoms with Crippen LogP contribution >= 0.6 is 0 Å². The number of likely N-dealkylation sites (tertiary alicyclic amines) is 2. The van der Waals surface area contributed by atoms with Gasteiger partial charge in [-0.25, -0.2) is 9.37 Å². The summed E-state index contributed by atoms with van der Waals surface area (Å²) in [6.45, 7) is 2.55. The molecule has 2 saturated heterocycles. The highest BCUT2D eigenvalue weighted by molar-refractivity contribution is 5.84. The molecule has 0 unspecified atom stereocenters. The van der Waals surface area contributed by atoms with Gasteiger partial charge in [-0.05, 0) is 30.7 Å². The number of rotatable bonds is 5. The molecule has 2 aromatic rings. The zero-order valence-electron chi connectivity index (χ0n) is 18.4. The fraction of sp³-hybridized carbons (Fsp3) is 0.400. The maximum Gasteiger partial charge on any atom is 0.237 e. The molecule has 33 heavy (non-hydrogen) atoms. The molecule has 5 rings (SSSR count). The van der Waals surface area contributed by atoms with Crippen LogP contribution in [0.1, 0.15) is 18.4 Å². The van der Waals surface area contributed by atoms with Gasteiger partial charge in [-0.2, -0.15) is 5.26 Å². The summed E-state index contributed by atoms with van der Waals surface area (Å²) in [4.78, 5) is 22.9. The number of amides is 1. The fourth-order valence-corrected chi connectivity index (χ4v) is 4.97. The molecule has 4 heterocycles. The van der Waals surface area contributed by atoms with Crippen molar-refractivity contribution >= 4 is 29.2 Å². The minimum atomic E-state index is -1.10. The first-order valence-electron chi connectivity index (χ1n) is 11.4. The fourth-order valence-electron chi connectivity index (χ4n) is 4.97. The Morgan fingerprint density at radius 1 is 1.24 bits per heavy atom. The lowest BCUT2D eigenvalue weighted by atomic mass is 10.0. The van der Waals surface area contributed by atoms with E-state index in [2.05, 4.69) is 56.5 Å². The predicted molar refractivity (Wildman–Crippen MR) is 126 cm³/mol. The molecule has 1 amide bonds. The van der Waals surface area contributed by atoms with E-state index in [1.54, 1.807) is 6.20 Å². The topological polar surface area (TPSA) is 75.5 Å². The van der Waals surface area contributed by atoms with Gasteiger partial charge in [0.05, 0.1) is 24.8 Å². The quantitative estimate of drug-likeness (QED) is 0.760. The number of nitriles is 1. The largest absolute Gasteiger partial charge is 0.380 e. The standard InChI is InChI=1S/C25H27FN6O/c26-18-13-20(14-27)32(15-18)25(33)17-30-12-9-19(16-30)29-22-6-3-7-23-21(22)5-4-11-31(23)24-8-1-2-10-28-24/h1-8,10,18-20,29H,9,11-13,15-17H2/t18-,19-,20-/m0/s1. The van der Waals surface area contributed by atoms with Crippen LogP contribution in [0.5, 0.6) is 0 Å². The number of hydrogen-bond acceptors (Lipinski definition) is 6. The second-order valence-electron chi connectivity index (χ2n) is 8.83. The summed E-state index contributed by atoms with van der Waals surface area (Å²) in [7, 11) is 0. The molecule has 3 atom stereocenters. The van der Waals surface area contributed by atoms with Gasteiger partial charge in [-0.3, -0.25) is 9.69 Å². The molecular formula is C25H27FN6O. The Balaban J connectivity index is 1.24. The van der Waals surface area contributed by atoms with Crippen LogP contribution in [0.3, 0.4) is 0 Å². The second-order valence-corrected chi connectivity index (χ2v) is 8.83. The number of fused-ring (bicyclic) bond motifs is 1. The molecule has 8 heteroatoms. The molecule has 3 aliphatic heterocycles. The number of hydrogen-bond donors (Lipinski definition) is 1. The molecule has 1 aromatic heterocycles. The molecule has 3 aliphatic rings. The highest BCUT2D eigenvalue weighted by Crippen LogP contribution is 2.36. The molecule has 0 radical (unpaired) electrons. The monoisotopic (exact) mass is 446 g/mol. The van der Waals surface area contributed by atoms with Crippen molar-refractivity contribution < 1.29 is 9.18 Å². The third-order valence-corrected chi connectivity index (χ3v) is 6.58. The van der Waals surface area contributed by atoms with Crippen LogP contribution in [0.25, 0.3) is 6.08 Å². The SMILES string of the molecule is N#C[C@@H]1C[C@H](F)CN1C(=O)CN1CC[C@H](Nc2cccc3c2C=CCN3c2ccccn2)C1. The first-order chi connectivity index (χ1) is 16.1. The molecule has 7 nitrogen and oxygen atoms in total. The maximum atomic E-state index is 13.7. The molecule has 1 N–H and O–H groups in total. The summed E-state index contributed by atoms with van der Waals surface area (Å²) < 4.78 is 13.7. The number of halogens is 1. The smallest absolute Gasteiger partial charge is 0.237 e. The van der Waals surface area contributed by atoms with Gasteiger partial charge >= 0.3 is 0 Å². The molecule has 0 spiro atoms. The number of carbonyl (C=O) groups is 1. The normalized spacial score (nSPS) is 24.5. The number of nitrogens with zero attached hydrogens (tertiary/aromatic N) is 5. The van der Waals surface area contributed by atoms with E-state index in [0.717, 1.165) is 48.8 Å². The zero-order chi connectivity index (χ0) is 22.8. The summed E-state index contributed by atoms with van der Waals surface area (Å²) in [5.41, 5.74) is 3.31. The summed E-state index contributed by atoms with van der Waals surface area (Å²) in [6, 6.07) is 13.8. The Kier molecular flexibility index (Phi) is 5.97. The van der Waals surface area contributed by atoms with Crippen LogP contribution in [0.2, 0.25) is 0 Å². The highest BCUT2D eigenvalue weighted by atomic mass is 19.1. The summed E-state index contributed by atoms with van der Waals surface area (Å²) in [5, 5.41) is 12.9. The molecule has 0 bridgehead atoms. The number of benzene rings is 1. The molecule has 0 saturated carbocycles. The summed E-state index contributed by atoms with van der Waals surface area (Å²) >= 11 is 0. The van der Waals surface area contributed by atoms with Gasteiger partial charge in [-0.1, -0.05) is 24.3 Å². The highest BCUT2D eigenvalue weighted by Gasteiger charge is 2.36. The van der Waals surface area contributed by atoms with Crippen molar-refractivity contribution in [3.63, 3.8) is 0 Å². The number of anilines is 3. The Labute approximate surface area is 193 Å². The lowest BCUT2D eigenvalue weighted by Gasteiger charge is -2.29. The average molecular weight is 447 g/mol. The number of carbonyl (C=O) groups excluding carboxylic acids is 1. The van der Waals surface area contributed by atoms with Crippen molar-refractivity contribution in [2.45, 2.75) is 31.1 Å². The van der Waals surface area contributed by atoms with Gasteiger partial charge in [0, 0.05) is 49.5 Å². The van der Waals surface area contributed by atoms with Gasteiger partial charge in [-0.15, -0.1) is 0 Å². The lowest BCUT2D eigenvalue weighted by Crippen LogP contribution is -2.42. The first-order valence-corrected chi connectivity index (χ1v) is 11.4. The van der Waals surface area contributed by atoms with Crippen molar-refractivity contribution in [1.82, 2.24) is 14.8 Å².